The fraction of sp³-hybridized carbons (Fsp3) is 0.207. The Hall–Kier alpha value is -9.28. The molecule has 80 heavy (non-hydrogen) atoms. The third-order valence-electron chi connectivity index (χ3n) is 12.0. The Morgan fingerprint density at radius 2 is 0.787 bits per heavy atom. The average Bonchev–Trinajstić information content (AvgIpc) is 4.00. The maximum absolute atomic E-state index is 13.2. The molecule has 0 aliphatic heterocycles. The molecule has 16 nitrogen and oxygen atoms in total. The van der Waals surface area contributed by atoms with E-state index >= 15 is 0 Å². The fourth-order valence-electron chi connectivity index (χ4n) is 7.85. The van der Waals surface area contributed by atoms with Crippen LogP contribution in [0.1, 0.15) is 54.4 Å². The number of nitrogens with one attached hydrogen (secondary N) is 4. The quantitative estimate of drug-likeness (QED) is 0.0292. The number of aliphatic carboxylic acids is 2. The van der Waals surface area contributed by atoms with E-state index in [1.54, 1.807) is 0 Å². The second-order valence-electron chi connectivity index (χ2n) is 19.9. The predicted octanol–water partition coefficient (Wildman–Crippen LogP) is 6.80. The molecule has 0 saturated heterocycles. The van der Waals surface area contributed by atoms with Crippen molar-refractivity contribution in [1.82, 2.24) is 28.7 Å². The number of fused-ring (bicyclic) bond motifs is 2. The average molecular weight is 1110 g/mol. The lowest BCUT2D eigenvalue weighted by Crippen LogP contribution is -2.37. The van der Waals surface area contributed by atoms with Gasteiger partial charge in [0.25, 0.3) is 11.8 Å². The monoisotopic (exact) mass is 1110 g/mol. The van der Waals surface area contributed by atoms with Gasteiger partial charge in [-0.1, -0.05) is 97.1 Å². The summed E-state index contributed by atoms with van der Waals surface area (Å²) < 4.78 is 68.6. The van der Waals surface area contributed by atoms with Gasteiger partial charge in [0.05, 0.1) is 42.3 Å². The molecule has 2 heterocycles. The van der Waals surface area contributed by atoms with Gasteiger partial charge in [-0.15, -0.1) is 0 Å². The summed E-state index contributed by atoms with van der Waals surface area (Å²) in [4.78, 5) is 44.0. The number of hydrogen-bond donors (Lipinski definition) is 6. The van der Waals surface area contributed by atoms with Gasteiger partial charge in [-0.25, -0.2) is 0 Å². The van der Waals surface area contributed by atoms with Crippen LogP contribution in [0, 0.1) is 10.8 Å². The third-order valence-corrected chi connectivity index (χ3v) is 12.0. The van der Waals surface area contributed by atoms with Gasteiger partial charge >= 0.3 is 12.4 Å². The zero-order valence-corrected chi connectivity index (χ0v) is 44.5. The highest BCUT2D eigenvalue weighted by molar-refractivity contribution is 6.00. The van der Waals surface area contributed by atoms with Crippen molar-refractivity contribution in [3.8, 4) is 0 Å². The number of alkyl halides is 6. The van der Waals surface area contributed by atoms with Gasteiger partial charge in [0.15, 0.2) is 0 Å². The molecule has 0 unspecified atom stereocenters. The van der Waals surface area contributed by atoms with Crippen LogP contribution >= 0.6 is 0 Å². The van der Waals surface area contributed by atoms with Gasteiger partial charge < -0.3 is 51.0 Å². The van der Waals surface area contributed by atoms with Crippen LogP contribution in [0.15, 0.2) is 158 Å². The van der Waals surface area contributed by atoms with E-state index in [2.05, 4.69) is 101 Å². The Labute approximate surface area is 457 Å². The number of rotatable bonds is 14. The van der Waals surface area contributed by atoms with Crippen molar-refractivity contribution in [3.63, 3.8) is 0 Å². The van der Waals surface area contributed by atoms with Crippen molar-refractivity contribution in [3.05, 3.63) is 202 Å². The number of benzene rings is 6. The molecule has 8 N–H and O–H groups in total. The normalized spacial score (nSPS) is 11.4. The lowest BCUT2D eigenvalue weighted by Gasteiger charge is -2.23. The number of hydrogen-bond acceptors (Lipinski definition) is 8. The highest BCUT2D eigenvalue weighted by Gasteiger charge is 2.29. The first-order valence-corrected chi connectivity index (χ1v) is 24.3. The second-order valence-corrected chi connectivity index (χ2v) is 19.9. The van der Waals surface area contributed by atoms with E-state index in [9.17, 15) is 35.9 Å². The van der Waals surface area contributed by atoms with Crippen molar-refractivity contribution >= 4 is 68.6 Å². The first-order valence-electron chi connectivity index (χ1n) is 24.3. The predicted molar refractivity (Wildman–Crippen MR) is 293 cm³/mol. The largest absolute Gasteiger partial charge is 0.542 e. The lowest BCUT2D eigenvalue weighted by molar-refractivity contribution is -0.344. The number of carboxylic acid groups (broad SMARTS) is 2. The minimum Gasteiger partial charge on any atom is -0.542 e. The van der Waals surface area contributed by atoms with Crippen LogP contribution in [0.3, 0.4) is 0 Å². The zero-order chi connectivity index (χ0) is 59.3. The van der Waals surface area contributed by atoms with E-state index in [0.717, 1.165) is 53.0 Å². The van der Waals surface area contributed by atoms with Gasteiger partial charge in [0.2, 0.25) is 0 Å². The molecule has 2 amide bonds. The molecule has 0 fully saturated rings. The number of carbonyl (C=O) groups is 4. The zero-order valence-electron chi connectivity index (χ0n) is 44.5. The molecule has 0 bridgehead atoms. The number of nitrogen functional groups attached to an aromatic ring is 2. The number of nitrogens with zero attached hydrogens (tertiary/aromatic N) is 4. The number of carbonyl (C=O) groups excluding carboxylic acids is 4. The van der Waals surface area contributed by atoms with Gasteiger partial charge in [0.1, 0.15) is 46.4 Å². The van der Waals surface area contributed by atoms with E-state index in [1.807, 2.05) is 118 Å². The molecule has 22 heteroatoms. The lowest BCUT2D eigenvalue weighted by atomic mass is 10.1. The Balaban J connectivity index is 0.000000237. The van der Waals surface area contributed by atoms with Crippen LogP contribution in [0.4, 0.5) is 37.7 Å². The standard InChI is InChI=1S/2C27H29N5O.2C2HF3O2/c2*1-32(2,3)23-13-11-19(12-14-23)17-30-27(33)25-16-21-8-4-5-10-24(21)31(25)18-20-7-6-9-22(15-20)26(28)29;2*3-2(4,5)1(6)7/h2*4-16H,17-18H2,1-3H3,(H3-,28,29,30,33);2*(H,6,7). The van der Waals surface area contributed by atoms with Crippen LogP contribution < -0.4 is 41.3 Å². The number of halogens is 6. The van der Waals surface area contributed by atoms with Gasteiger partial charge in [0, 0.05) is 59.1 Å². The maximum atomic E-state index is 13.2. The van der Waals surface area contributed by atoms with E-state index in [4.69, 9.17) is 42.1 Å². The third kappa shape index (κ3) is 17.4. The molecule has 420 valence electrons. The summed E-state index contributed by atoms with van der Waals surface area (Å²) in [5.74, 6) is -6.19. The molecule has 0 saturated carbocycles. The summed E-state index contributed by atoms with van der Waals surface area (Å²) >= 11 is 0. The second kappa shape index (κ2) is 25.9. The van der Waals surface area contributed by atoms with Crippen LogP contribution in [0.2, 0.25) is 0 Å². The highest BCUT2D eigenvalue weighted by Crippen LogP contribution is 2.25. The minimum absolute atomic E-state index is 0.0310. The number of aromatic nitrogens is 2. The number of quaternary nitrogens is 2. The summed E-state index contributed by atoms with van der Waals surface area (Å²) in [6, 6.07) is 51.6. The molecular formula is C58H60F6N10O6. The van der Waals surface area contributed by atoms with E-state index in [1.165, 1.54) is 11.4 Å². The molecule has 0 radical (unpaired) electrons. The molecule has 8 rings (SSSR count). The fourth-order valence-corrected chi connectivity index (χ4v) is 7.85. The van der Waals surface area contributed by atoms with Gasteiger partial charge in [-0.2, -0.15) is 26.3 Å². The Morgan fingerprint density at radius 1 is 0.475 bits per heavy atom. The SMILES string of the molecule is C[N+](C)(C)c1ccc(CNC(=O)c2cc3ccccc3n2Cc2cccc(C(=N)N)c2)cc1.C[N+](C)(C)c1ccc(CNC(=O)c2cc3ccccc3n2Cc2cccc(C(=N)N)c2)cc1.O=C([O-])C(F)(F)F.O=C([O-])C(F)(F)F. The van der Waals surface area contributed by atoms with E-state index in [-0.39, 0.29) is 23.5 Å². The number of carboxylic acids is 2. The highest BCUT2D eigenvalue weighted by atomic mass is 19.4. The van der Waals surface area contributed by atoms with Gasteiger partial charge in [-0.3, -0.25) is 29.4 Å². The smallest absolute Gasteiger partial charge is 0.430 e. The molecule has 6 aromatic carbocycles. The number of nitrogens with two attached hydrogens (primary N) is 2. The van der Waals surface area contributed by atoms with Crippen LogP contribution in [0.5, 0.6) is 0 Å². The van der Waals surface area contributed by atoms with Gasteiger partial charge in [-0.05, 0) is 82.9 Å². The minimum atomic E-state index is -5.19. The molecule has 0 spiro atoms. The molecular weight excluding hydrogens is 1050 g/mol. The van der Waals surface area contributed by atoms with Crippen LogP contribution in [-0.2, 0) is 35.8 Å². The first kappa shape index (κ1) is 61.6. The first-order chi connectivity index (χ1) is 37.3. The Morgan fingerprint density at radius 3 is 1.07 bits per heavy atom. The van der Waals surface area contributed by atoms with Crippen molar-refractivity contribution < 1.29 is 55.7 Å². The summed E-state index contributed by atoms with van der Waals surface area (Å²) in [5.41, 5.74) is 22.3. The summed E-state index contributed by atoms with van der Waals surface area (Å²) in [6.07, 6.45) is -10.4. The molecule has 8 aromatic rings. The number of amidine groups is 2. The maximum Gasteiger partial charge on any atom is 0.430 e. The van der Waals surface area contributed by atoms with Crippen molar-refractivity contribution in [1.29, 1.82) is 10.8 Å². The van der Waals surface area contributed by atoms with Crippen molar-refractivity contribution in [2.45, 2.75) is 38.5 Å². The molecule has 2 aromatic heterocycles. The van der Waals surface area contributed by atoms with Crippen molar-refractivity contribution in [2.24, 2.45) is 11.5 Å². The topological polar surface area (TPSA) is 248 Å². The van der Waals surface area contributed by atoms with E-state index < -0.39 is 24.3 Å². The molecule has 0 aliphatic carbocycles. The number of amides is 2. The Bertz CT molecular complexity index is 3270. The van der Waals surface area contributed by atoms with E-state index in [0.29, 0.717) is 48.7 Å². The summed E-state index contributed by atoms with van der Waals surface area (Å²) in [5, 5.41) is 41.2. The van der Waals surface area contributed by atoms with Crippen LogP contribution in [-0.4, -0.2) is 99.2 Å². The van der Waals surface area contributed by atoms with Crippen LogP contribution in [0.25, 0.3) is 21.8 Å². The summed E-state index contributed by atoms with van der Waals surface area (Å²) in [6.45, 7) is 1.93. The Kier molecular flexibility index (Phi) is 19.9. The number of para-hydroxylation sites is 2. The summed E-state index contributed by atoms with van der Waals surface area (Å²) in [7, 11) is 12.8. The van der Waals surface area contributed by atoms with Crippen molar-refractivity contribution in [2.75, 3.05) is 42.3 Å². The molecule has 0 aliphatic rings. The molecule has 0 atom stereocenters.